The lowest BCUT2D eigenvalue weighted by atomic mass is 10.2. The molecule has 5 nitrogen and oxygen atoms in total. The monoisotopic (exact) mass is 294 g/mol. The van der Waals surface area contributed by atoms with Crippen molar-refractivity contribution in [2.75, 3.05) is 30.8 Å². The van der Waals surface area contributed by atoms with Crippen molar-refractivity contribution in [2.45, 2.75) is 6.04 Å². The average molecular weight is 294 g/mol. The fourth-order valence-corrected chi connectivity index (χ4v) is 3.33. The number of hydrogen-bond acceptors (Lipinski definition) is 6. The van der Waals surface area contributed by atoms with Crippen LogP contribution in [0.4, 0.5) is 10.1 Å². The molecule has 7 heteroatoms. The average Bonchev–Trinajstić information content (AvgIpc) is 2.92. The molecule has 1 aliphatic heterocycles. The number of nitrogen functional groups attached to an aromatic ring is 1. The van der Waals surface area contributed by atoms with E-state index in [-0.39, 0.29) is 11.7 Å². The Kier molecular flexibility index (Phi) is 3.62. The van der Waals surface area contributed by atoms with Gasteiger partial charge in [0.2, 0.25) is 0 Å². The molecule has 3 rings (SSSR count). The van der Waals surface area contributed by atoms with Gasteiger partial charge >= 0.3 is 0 Å². The molecule has 0 aliphatic carbocycles. The first-order chi connectivity index (χ1) is 9.65. The highest BCUT2D eigenvalue weighted by molar-refractivity contribution is 7.99. The molecule has 1 saturated heterocycles. The van der Waals surface area contributed by atoms with Gasteiger partial charge in [0.25, 0.3) is 5.89 Å². The molecule has 0 bridgehead atoms. The Hall–Kier alpha value is -1.60. The van der Waals surface area contributed by atoms with Crippen LogP contribution in [0.2, 0.25) is 0 Å². The molecule has 2 heterocycles. The third kappa shape index (κ3) is 2.51. The summed E-state index contributed by atoms with van der Waals surface area (Å²) in [5, 5.41) is 4.04. The highest BCUT2D eigenvalue weighted by Gasteiger charge is 2.26. The molecule has 1 fully saturated rings. The summed E-state index contributed by atoms with van der Waals surface area (Å²) in [6.45, 7) is 1.00. The van der Waals surface area contributed by atoms with Gasteiger partial charge in [0.05, 0.1) is 11.7 Å². The highest BCUT2D eigenvalue weighted by atomic mass is 32.2. The van der Waals surface area contributed by atoms with Gasteiger partial charge in [-0.2, -0.15) is 16.7 Å². The SMILES string of the molecule is CN1CCSCC1c1noc(-c2ccc(F)c(N)c2)n1. The fraction of sp³-hybridized carbons (Fsp3) is 0.385. The molecule has 2 aromatic rings. The van der Waals surface area contributed by atoms with Crippen molar-refractivity contribution in [3.63, 3.8) is 0 Å². The van der Waals surface area contributed by atoms with Gasteiger partial charge in [-0.05, 0) is 25.2 Å². The predicted octanol–water partition coefficient (Wildman–Crippen LogP) is 2.18. The van der Waals surface area contributed by atoms with E-state index in [0.29, 0.717) is 17.3 Å². The van der Waals surface area contributed by atoms with Crippen molar-refractivity contribution >= 4 is 17.4 Å². The van der Waals surface area contributed by atoms with Gasteiger partial charge < -0.3 is 10.3 Å². The molecular formula is C13H15FN4OS. The summed E-state index contributed by atoms with van der Waals surface area (Å²) in [6, 6.07) is 4.55. The maximum absolute atomic E-state index is 13.2. The summed E-state index contributed by atoms with van der Waals surface area (Å²) >= 11 is 1.88. The number of thioether (sulfide) groups is 1. The van der Waals surface area contributed by atoms with E-state index in [0.717, 1.165) is 18.1 Å². The van der Waals surface area contributed by atoms with Crippen molar-refractivity contribution in [3.05, 3.63) is 29.8 Å². The van der Waals surface area contributed by atoms with Crippen LogP contribution in [0.1, 0.15) is 11.9 Å². The molecule has 2 N–H and O–H groups in total. The number of nitrogens with two attached hydrogens (primary N) is 1. The number of halogens is 1. The van der Waals surface area contributed by atoms with Crippen molar-refractivity contribution < 1.29 is 8.91 Å². The van der Waals surface area contributed by atoms with Crippen LogP contribution >= 0.6 is 11.8 Å². The quantitative estimate of drug-likeness (QED) is 0.856. The molecule has 106 valence electrons. The number of rotatable bonds is 2. The van der Waals surface area contributed by atoms with Gasteiger partial charge in [-0.3, -0.25) is 4.90 Å². The molecule has 0 amide bonds. The number of aromatic nitrogens is 2. The first-order valence-electron chi connectivity index (χ1n) is 6.32. The van der Waals surface area contributed by atoms with Crippen LogP contribution in [0, 0.1) is 5.82 Å². The van der Waals surface area contributed by atoms with Crippen LogP contribution in [-0.2, 0) is 0 Å². The lowest BCUT2D eigenvalue weighted by Crippen LogP contribution is -2.33. The predicted molar refractivity (Wildman–Crippen MR) is 76.8 cm³/mol. The molecule has 0 spiro atoms. The normalized spacial score (nSPS) is 20.2. The Bertz CT molecular complexity index is 618. The third-order valence-electron chi connectivity index (χ3n) is 3.38. The molecule has 0 radical (unpaired) electrons. The highest BCUT2D eigenvalue weighted by Crippen LogP contribution is 2.28. The molecule has 20 heavy (non-hydrogen) atoms. The number of anilines is 1. The van der Waals surface area contributed by atoms with E-state index >= 15 is 0 Å². The maximum atomic E-state index is 13.2. The third-order valence-corrected chi connectivity index (χ3v) is 4.40. The number of hydrogen-bond donors (Lipinski definition) is 1. The van der Waals surface area contributed by atoms with E-state index in [2.05, 4.69) is 22.1 Å². The van der Waals surface area contributed by atoms with E-state index in [1.165, 1.54) is 12.1 Å². The number of benzene rings is 1. The van der Waals surface area contributed by atoms with E-state index in [1.54, 1.807) is 6.07 Å². The smallest absolute Gasteiger partial charge is 0.258 e. The van der Waals surface area contributed by atoms with Crippen LogP contribution in [0.15, 0.2) is 22.7 Å². The Morgan fingerprint density at radius 1 is 1.50 bits per heavy atom. The Labute approximate surface area is 120 Å². The molecule has 1 atom stereocenters. The minimum absolute atomic E-state index is 0.0765. The fourth-order valence-electron chi connectivity index (χ4n) is 2.12. The van der Waals surface area contributed by atoms with Gasteiger partial charge in [0.1, 0.15) is 5.82 Å². The summed E-state index contributed by atoms with van der Waals surface area (Å²) in [5.74, 6) is 2.65. The lowest BCUT2D eigenvalue weighted by molar-refractivity contribution is 0.257. The van der Waals surface area contributed by atoms with E-state index in [1.807, 2.05) is 11.8 Å². The van der Waals surface area contributed by atoms with Crippen molar-refractivity contribution in [3.8, 4) is 11.5 Å². The second-order valence-corrected chi connectivity index (χ2v) is 5.92. The summed E-state index contributed by atoms with van der Waals surface area (Å²) in [7, 11) is 2.05. The molecule has 0 saturated carbocycles. The summed E-state index contributed by atoms with van der Waals surface area (Å²) in [4.78, 5) is 6.63. The first kappa shape index (κ1) is 13.4. The molecule has 1 aromatic carbocycles. The largest absolute Gasteiger partial charge is 0.396 e. The van der Waals surface area contributed by atoms with Crippen molar-refractivity contribution in [1.29, 1.82) is 0 Å². The minimum Gasteiger partial charge on any atom is -0.396 e. The van der Waals surface area contributed by atoms with Crippen molar-refractivity contribution in [2.24, 2.45) is 0 Å². The summed E-state index contributed by atoms with van der Waals surface area (Å²) in [6.07, 6.45) is 0. The molecule has 1 aromatic heterocycles. The molecule has 1 unspecified atom stereocenters. The zero-order valence-electron chi connectivity index (χ0n) is 11.0. The van der Waals surface area contributed by atoms with Crippen LogP contribution in [0.5, 0.6) is 0 Å². The van der Waals surface area contributed by atoms with Crippen molar-refractivity contribution in [1.82, 2.24) is 15.0 Å². The first-order valence-corrected chi connectivity index (χ1v) is 7.47. The van der Waals surface area contributed by atoms with Crippen LogP contribution in [-0.4, -0.2) is 40.1 Å². The van der Waals surface area contributed by atoms with Crippen LogP contribution in [0.3, 0.4) is 0 Å². The maximum Gasteiger partial charge on any atom is 0.258 e. The Morgan fingerprint density at radius 2 is 2.35 bits per heavy atom. The topological polar surface area (TPSA) is 68.2 Å². The standard InChI is InChI=1S/C13H15FN4OS/c1-18-4-5-20-7-11(18)12-16-13(19-17-12)8-2-3-9(14)10(15)6-8/h2-3,6,11H,4-5,7,15H2,1H3. The summed E-state index contributed by atoms with van der Waals surface area (Å²) in [5.41, 5.74) is 6.26. The lowest BCUT2D eigenvalue weighted by Gasteiger charge is -2.29. The van der Waals surface area contributed by atoms with Gasteiger partial charge in [-0.25, -0.2) is 4.39 Å². The van der Waals surface area contributed by atoms with Crippen LogP contribution in [0.25, 0.3) is 11.5 Å². The van der Waals surface area contributed by atoms with Gasteiger partial charge in [-0.1, -0.05) is 5.16 Å². The zero-order valence-corrected chi connectivity index (χ0v) is 11.9. The van der Waals surface area contributed by atoms with Gasteiger partial charge in [0, 0.05) is 23.6 Å². The second-order valence-electron chi connectivity index (χ2n) is 4.77. The number of nitrogens with zero attached hydrogens (tertiary/aromatic N) is 3. The van der Waals surface area contributed by atoms with Gasteiger partial charge in [0.15, 0.2) is 5.82 Å². The summed E-state index contributed by atoms with van der Waals surface area (Å²) < 4.78 is 18.4. The van der Waals surface area contributed by atoms with E-state index in [9.17, 15) is 4.39 Å². The second kappa shape index (κ2) is 5.41. The Balaban J connectivity index is 1.87. The minimum atomic E-state index is -0.447. The van der Waals surface area contributed by atoms with E-state index in [4.69, 9.17) is 10.3 Å². The van der Waals surface area contributed by atoms with E-state index < -0.39 is 5.82 Å². The van der Waals surface area contributed by atoms with Crippen LogP contribution < -0.4 is 5.73 Å². The molecular weight excluding hydrogens is 279 g/mol. The zero-order chi connectivity index (χ0) is 14.1. The Morgan fingerprint density at radius 3 is 3.10 bits per heavy atom. The molecule has 1 aliphatic rings. The van der Waals surface area contributed by atoms with Gasteiger partial charge in [-0.15, -0.1) is 0 Å².